The van der Waals surface area contributed by atoms with Crippen LogP contribution in [0.1, 0.15) is 23.9 Å². The molecule has 2 N–H and O–H groups in total. The molecule has 2 heterocycles. The molecule has 0 radical (unpaired) electrons. The van der Waals surface area contributed by atoms with E-state index >= 15 is 0 Å². The number of guanidine groups is 1. The summed E-state index contributed by atoms with van der Waals surface area (Å²) in [6, 6.07) is 14.4. The van der Waals surface area contributed by atoms with Crippen molar-refractivity contribution < 1.29 is 0 Å². The Hall–Kier alpha value is -2.89. The van der Waals surface area contributed by atoms with Crippen molar-refractivity contribution in [1.29, 1.82) is 0 Å². The van der Waals surface area contributed by atoms with E-state index in [2.05, 4.69) is 57.0 Å². The molecule has 2 aromatic heterocycles. The van der Waals surface area contributed by atoms with Crippen LogP contribution in [0, 0.1) is 0 Å². The predicted molar refractivity (Wildman–Crippen MR) is 101 cm³/mol. The summed E-state index contributed by atoms with van der Waals surface area (Å²) in [5, 5.41) is 15.1. The maximum atomic E-state index is 4.29. The lowest BCUT2D eigenvalue weighted by Crippen LogP contribution is -2.38. The highest BCUT2D eigenvalue weighted by atomic mass is 15.2. The molecule has 0 bridgehead atoms. The summed E-state index contributed by atoms with van der Waals surface area (Å²) in [7, 11) is 1.79. The number of aromatic nitrogens is 3. The van der Waals surface area contributed by atoms with E-state index in [1.807, 2.05) is 28.8 Å². The first-order valence-corrected chi connectivity index (χ1v) is 8.61. The van der Waals surface area contributed by atoms with Crippen molar-refractivity contribution in [2.75, 3.05) is 13.6 Å². The highest BCUT2D eigenvalue weighted by molar-refractivity contribution is 5.79. The van der Waals surface area contributed by atoms with E-state index < -0.39 is 0 Å². The maximum Gasteiger partial charge on any atom is 0.191 e. The molecule has 0 saturated heterocycles. The second-order valence-electron chi connectivity index (χ2n) is 5.77. The third-order valence-corrected chi connectivity index (χ3v) is 4.19. The number of rotatable bonds is 6. The van der Waals surface area contributed by atoms with E-state index in [0.29, 0.717) is 0 Å². The molecule has 0 unspecified atom stereocenters. The Morgan fingerprint density at radius 3 is 2.64 bits per heavy atom. The lowest BCUT2D eigenvalue weighted by molar-refractivity contribution is 0.759. The second-order valence-corrected chi connectivity index (χ2v) is 5.77. The number of pyridine rings is 1. The van der Waals surface area contributed by atoms with Crippen LogP contribution in [0.2, 0.25) is 0 Å². The van der Waals surface area contributed by atoms with Crippen molar-refractivity contribution in [1.82, 2.24) is 25.2 Å². The van der Waals surface area contributed by atoms with Gasteiger partial charge in [0, 0.05) is 32.8 Å². The Bertz CT molecular complexity index is 852. The molecule has 130 valence electrons. The minimum absolute atomic E-state index is 0.741. The first kappa shape index (κ1) is 17.0. The summed E-state index contributed by atoms with van der Waals surface area (Å²) in [5.74, 6) is 1.73. The fourth-order valence-electron chi connectivity index (χ4n) is 2.83. The number of nitrogens with zero attached hydrogens (tertiary/aromatic N) is 4. The molecule has 6 heteroatoms. The third kappa shape index (κ3) is 4.15. The van der Waals surface area contributed by atoms with E-state index in [9.17, 15) is 0 Å². The van der Waals surface area contributed by atoms with Crippen molar-refractivity contribution in [2.45, 2.75) is 26.3 Å². The summed E-state index contributed by atoms with van der Waals surface area (Å²) in [6.07, 6.45) is 3.79. The maximum absolute atomic E-state index is 4.29. The minimum atomic E-state index is 0.741. The standard InChI is InChI=1S/C19H24N6/c1-3-15-8-4-5-9-16(15)14-22-19(20-2)21-12-11-18-24-23-17-10-6-7-13-25(17)18/h4-10,13H,3,11-12,14H2,1-2H3,(H2,20,21,22). The summed E-state index contributed by atoms with van der Waals surface area (Å²) < 4.78 is 2.01. The van der Waals surface area contributed by atoms with Gasteiger partial charge in [-0.3, -0.25) is 9.39 Å². The summed E-state index contributed by atoms with van der Waals surface area (Å²) >= 11 is 0. The van der Waals surface area contributed by atoms with Crippen LogP contribution in [0.15, 0.2) is 53.7 Å². The van der Waals surface area contributed by atoms with Crippen LogP contribution in [0.3, 0.4) is 0 Å². The molecule has 6 nitrogen and oxygen atoms in total. The number of hydrogen-bond acceptors (Lipinski definition) is 3. The van der Waals surface area contributed by atoms with Crippen LogP contribution in [-0.4, -0.2) is 34.2 Å². The number of hydrogen-bond donors (Lipinski definition) is 2. The van der Waals surface area contributed by atoms with Crippen LogP contribution in [0.5, 0.6) is 0 Å². The molecule has 1 aromatic carbocycles. The lowest BCUT2D eigenvalue weighted by atomic mass is 10.1. The molecule has 0 amide bonds. The summed E-state index contributed by atoms with van der Waals surface area (Å²) in [6.45, 7) is 3.68. The van der Waals surface area contributed by atoms with Gasteiger partial charge in [-0.1, -0.05) is 37.3 Å². The molecule has 0 saturated carbocycles. The van der Waals surface area contributed by atoms with Gasteiger partial charge in [0.15, 0.2) is 11.6 Å². The van der Waals surface area contributed by atoms with Crippen LogP contribution >= 0.6 is 0 Å². The molecular weight excluding hydrogens is 312 g/mol. The van der Waals surface area contributed by atoms with E-state index in [1.165, 1.54) is 11.1 Å². The molecule has 3 aromatic rings. The van der Waals surface area contributed by atoms with Crippen molar-refractivity contribution in [3.05, 3.63) is 65.6 Å². The van der Waals surface area contributed by atoms with Crippen LogP contribution in [0.25, 0.3) is 5.65 Å². The summed E-state index contributed by atoms with van der Waals surface area (Å²) in [5.41, 5.74) is 3.54. The van der Waals surface area contributed by atoms with Gasteiger partial charge in [-0.2, -0.15) is 0 Å². The van der Waals surface area contributed by atoms with Crippen LogP contribution in [-0.2, 0) is 19.4 Å². The predicted octanol–water partition coefficient (Wildman–Crippen LogP) is 2.20. The van der Waals surface area contributed by atoms with Crippen molar-refractivity contribution in [2.24, 2.45) is 4.99 Å². The van der Waals surface area contributed by atoms with Gasteiger partial charge in [-0.15, -0.1) is 10.2 Å². The molecule has 0 spiro atoms. The molecule has 0 fully saturated rings. The van der Waals surface area contributed by atoms with Gasteiger partial charge in [0.25, 0.3) is 0 Å². The Labute approximate surface area is 148 Å². The average Bonchev–Trinajstić information content (AvgIpc) is 3.08. The zero-order valence-electron chi connectivity index (χ0n) is 14.7. The quantitative estimate of drug-likeness (QED) is 0.535. The zero-order chi connectivity index (χ0) is 17.5. The van der Waals surface area contributed by atoms with E-state index in [-0.39, 0.29) is 0 Å². The van der Waals surface area contributed by atoms with Gasteiger partial charge in [0.1, 0.15) is 5.82 Å². The molecule has 0 aliphatic carbocycles. The topological polar surface area (TPSA) is 66.6 Å². The number of benzene rings is 1. The number of nitrogens with one attached hydrogen (secondary N) is 2. The van der Waals surface area contributed by atoms with Crippen molar-refractivity contribution in [3.63, 3.8) is 0 Å². The largest absolute Gasteiger partial charge is 0.356 e. The van der Waals surface area contributed by atoms with Crippen LogP contribution < -0.4 is 10.6 Å². The third-order valence-electron chi connectivity index (χ3n) is 4.19. The van der Waals surface area contributed by atoms with Gasteiger partial charge in [0.05, 0.1) is 0 Å². The Morgan fingerprint density at radius 1 is 1.04 bits per heavy atom. The zero-order valence-corrected chi connectivity index (χ0v) is 14.7. The second kappa shape index (κ2) is 8.28. The Morgan fingerprint density at radius 2 is 1.84 bits per heavy atom. The number of fused-ring (bicyclic) bond motifs is 1. The number of aliphatic imine (C=N–C) groups is 1. The minimum Gasteiger partial charge on any atom is -0.356 e. The smallest absolute Gasteiger partial charge is 0.191 e. The highest BCUT2D eigenvalue weighted by Crippen LogP contribution is 2.08. The van der Waals surface area contributed by atoms with Gasteiger partial charge >= 0.3 is 0 Å². The Balaban J connectivity index is 1.53. The Kier molecular flexibility index (Phi) is 5.61. The number of aryl methyl sites for hydroxylation is 1. The SMILES string of the molecule is CCc1ccccc1CNC(=NC)NCCc1nnc2ccccn12. The fourth-order valence-corrected chi connectivity index (χ4v) is 2.83. The normalized spacial score (nSPS) is 11.7. The van der Waals surface area contributed by atoms with Crippen molar-refractivity contribution >= 4 is 11.6 Å². The van der Waals surface area contributed by atoms with Gasteiger partial charge in [-0.05, 0) is 29.7 Å². The van der Waals surface area contributed by atoms with Gasteiger partial charge in [0.2, 0.25) is 0 Å². The monoisotopic (exact) mass is 336 g/mol. The van der Waals surface area contributed by atoms with E-state index in [4.69, 9.17) is 0 Å². The molecule has 0 aliphatic rings. The highest BCUT2D eigenvalue weighted by Gasteiger charge is 2.05. The first-order valence-electron chi connectivity index (χ1n) is 8.61. The van der Waals surface area contributed by atoms with E-state index in [0.717, 1.165) is 43.4 Å². The lowest BCUT2D eigenvalue weighted by Gasteiger charge is -2.13. The van der Waals surface area contributed by atoms with Crippen molar-refractivity contribution in [3.8, 4) is 0 Å². The molecule has 3 rings (SSSR count). The van der Waals surface area contributed by atoms with E-state index in [1.54, 1.807) is 7.05 Å². The average molecular weight is 336 g/mol. The van der Waals surface area contributed by atoms with Gasteiger partial charge in [-0.25, -0.2) is 0 Å². The summed E-state index contributed by atoms with van der Waals surface area (Å²) in [4.78, 5) is 4.29. The molecular formula is C19H24N6. The molecule has 0 aliphatic heterocycles. The van der Waals surface area contributed by atoms with Crippen LogP contribution in [0.4, 0.5) is 0 Å². The van der Waals surface area contributed by atoms with Gasteiger partial charge < -0.3 is 10.6 Å². The first-order chi connectivity index (χ1) is 12.3. The molecule has 25 heavy (non-hydrogen) atoms. The molecule has 0 atom stereocenters. The fraction of sp³-hybridized carbons (Fsp3) is 0.316.